The smallest absolute Gasteiger partial charge is 0.410 e. The van der Waals surface area contributed by atoms with Gasteiger partial charge in [-0.25, -0.2) is 13.2 Å². The van der Waals surface area contributed by atoms with Gasteiger partial charge < -0.3 is 9.64 Å². The molecule has 0 aromatic rings. The predicted octanol–water partition coefficient (Wildman–Crippen LogP) is 2.98. The Kier molecular flexibility index (Phi) is 7.74. The second-order valence-corrected chi connectivity index (χ2v) is 8.31. The molecule has 0 bridgehead atoms. The molecule has 1 amide bonds. The minimum atomic E-state index is -3.51. The fraction of sp³-hybridized carbons (Fsp3) is 0.917. The van der Waals surface area contributed by atoms with E-state index in [0.717, 1.165) is 12.8 Å². The average Bonchev–Trinajstić information content (AvgIpc) is 2.18. The molecule has 7 heteroatoms. The lowest BCUT2D eigenvalue weighted by Crippen LogP contribution is -2.38. The summed E-state index contributed by atoms with van der Waals surface area (Å²) in [6.07, 6.45) is 1.71. The maximum absolute atomic E-state index is 11.9. The van der Waals surface area contributed by atoms with E-state index in [9.17, 15) is 13.2 Å². The van der Waals surface area contributed by atoms with Crippen molar-refractivity contribution in [2.24, 2.45) is 0 Å². The molecule has 0 rings (SSSR count). The van der Waals surface area contributed by atoms with Crippen LogP contribution in [0.4, 0.5) is 4.79 Å². The first-order chi connectivity index (χ1) is 8.55. The van der Waals surface area contributed by atoms with Gasteiger partial charge in [-0.2, -0.15) is 0 Å². The van der Waals surface area contributed by atoms with Crippen molar-refractivity contribution in [2.75, 3.05) is 18.8 Å². The Hall–Kier alpha value is -0.490. The molecule has 0 heterocycles. The van der Waals surface area contributed by atoms with Gasteiger partial charge in [0.15, 0.2) is 0 Å². The van der Waals surface area contributed by atoms with E-state index in [1.54, 1.807) is 20.8 Å². The zero-order valence-corrected chi connectivity index (χ0v) is 13.7. The molecular weight excluding hydrogens is 290 g/mol. The van der Waals surface area contributed by atoms with Gasteiger partial charge in [-0.15, -0.1) is 0 Å². The number of nitrogens with zero attached hydrogens (tertiary/aromatic N) is 1. The van der Waals surface area contributed by atoms with E-state index in [1.807, 2.05) is 6.92 Å². The van der Waals surface area contributed by atoms with Crippen LogP contribution in [0.3, 0.4) is 0 Å². The predicted molar refractivity (Wildman–Crippen MR) is 77.0 cm³/mol. The van der Waals surface area contributed by atoms with Crippen molar-refractivity contribution in [1.82, 2.24) is 4.90 Å². The molecule has 0 aliphatic rings. The molecule has 0 aromatic carbocycles. The van der Waals surface area contributed by atoms with E-state index in [0.29, 0.717) is 19.5 Å². The Morgan fingerprint density at radius 2 is 1.74 bits per heavy atom. The number of carbonyl (C=O) groups is 1. The van der Waals surface area contributed by atoms with Gasteiger partial charge in [-0.1, -0.05) is 13.3 Å². The minimum Gasteiger partial charge on any atom is -0.444 e. The van der Waals surface area contributed by atoms with Crippen molar-refractivity contribution in [3.8, 4) is 0 Å². The summed E-state index contributed by atoms with van der Waals surface area (Å²) in [5.74, 6) is -0.139. The summed E-state index contributed by atoms with van der Waals surface area (Å²) in [6, 6.07) is 0. The number of carbonyl (C=O) groups excluding carboxylic acids is 1. The Labute approximate surface area is 120 Å². The molecular formula is C12H24ClNO4S. The van der Waals surface area contributed by atoms with E-state index in [1.165, 1.54) is 4.90 Å². The molecule has 0 spiro atoms. The van der Waals surface area contributed by atoms with Crippen molar-refractivity contribution < 1.29 is 17.9 Å². The SMILES string of the molecule is CCCCN(CCCS(=O)(=O)Cl)C(=O)OC(C)(C)C. The number of rotatable bonds is 7. The first kappa shape index (κ1) is 18.5. The van der Waals surface area contributed by atoms with Gasteiger partial charge in [0.1, 0.15) is 5.60 Å². The Morgan fingerprint density at radius 3 is 2.16 bits per heavy atom. The van der Waals surface area contributed by atoms with Gasteiger partial charge >= 0.3 is 6.09 Å². The standard InChI is InChI=1S/C12H24ClNO4S/c1-5-6-8-14(9-7-10-19(13,16)17)11(15)18-12(2,3)4/h5-10H2,1-4H3. The Balaban J connectivity index is 4.41. The lowest BCUT2D eigenvalue weighted by Gasteiger charge is -2.27. The average molecular weight is 314 g/mol. The lowest BCUT2D eigenvalue weighted by atomic mass is 10.2. The van der Waals surface area contributed by atoms with Crippen LogP contribution in [0, 0.1) is 0 Å². The summed E-state index contributed by atoms with van der Waals surface area (Å²) in [5, 5.41) is 0. The molecule has 5 nitrogen and oxygen atoms in total. The zero-order chi connectivity index (χ0) is 15.1. The number of hydrogen-bond donors (Lipinski definition) is 0. The quantitative estimate of drug-likeness (QED) is 0.678. The van der Waals surface area contributed by atoms with Crippen molar-refractivity contribution in [3.05, 3.63) is 0 Å². The van der Waals surface area contributed by atoms with Crippen LogP contribution in [0.25, 0.3) is 0 Å². The topological polar surface area (TPSA) is 63.7 Å². The summed E-state index contributed by atoms with van der Waals surface area (Å²) < 4.78 is 27.0. The Morgan fingerprint density at radius 1 is 1.21 bits per heavy atom. The third-order valence-corrected chi connectivity index (χ3v) is 3.49. The fourth-order valence-electron chi connectivity index (χ4n) is 1.40. The fourth-order valence-corrected chi connectivity index (χ4v) is 2.20. The van der Waals surface area contributed by atoms with Crippen LogP contribution in [0.2, 0.25) is 0 Å². The van der Waals surface area contributed by atoms with Crippen LogP contribution < -0.4 is 0 Å². The lowest BCUT2D eigenvalue weighted by molar-refractivity contribution is 0.0248. The normalized spacial score (nSPS) is 12.3. The van der Waals surface area contributed by atoms with Gasteiger partial charge in [0.05, 0.1) is 5.75 Å². The highest BCUT2D eigenvalue weighted by atomic mass is 35.7. The number of hydrogen-bond acceptors (Lipinski definition) is 4. The molecule has 0 N–H and O–H groups in total. The molecule has 0 aliphatic heterocycles. The summed E-state index contributed by atoms with van der Waals surface area (Å²) in [7, 11) is 1.64. The van der Waals surface area contributed by atoms with Gasteiger partial charge in [0, 0.05) is 23.8 Å². The zero-order valence-electron chi connectivity index (χ0n) is 12.1. The maximum atomic E-state index is 11.9. The third kappa shape index (κ3) is 11.1. The summed E-state index contributed by atoms with van der Waals surface area (Å²) >= 11 is 0. The van der Waals surface area contributed by atoms with Gasteiger partial charge in [0.2, 0.25) is 9.05 Å². The van der Waals surface area contributed by atoms with Crippen LogP contribution in [0.15, 0.2) is 0 Å². The first-order valence-corrected chi connectivity index (χ1v) is 8.93. The molecule has 114 valence electrons. The largest absolute Gasteiger partial charge is 0.444 e. The number of amides is 1. The van der Waals surface area contributed by atoms with Gasteiger partial charge in [0.25, 0.3) is 0 Å². The highest BCUT2D eigenvalue weighted by Crippen LogP contribution is 2.11. The van der Waals surface area contributed by atoms with Gasteiger partial charge in [-0.05, 0) is 33.6 Å². The number of ether oxygens (including phenoxy) is 1. The van der Waals surface area contributed by atoms with Gasteiger partial charge in [-0.3, -0.25) is 0 Å². The van der Waals surface area contributed by atoms with Crippen molar-refractivity contribution in [3.63, 3.8) is 0 Å². The third-order valence-electron chi connectivity index (χ3n) is 2.25. The van der Waals surface area contributed by atoms with Crippen LogP contribution in [-0.4, -0.2) is 43.9 Å². The van der Waals surface area contributed by atoms with E-state index in [-0.39, 0.29) is 5.75 Å². The molecule has 0 saturated heterocycles. The van der Waals surface area contributed by atoms with Crippen LogP contribution >= 0.6 is 10.7 Å². The summed E-state index contributed by atoms with van der Waals surface area (Å²) in [4.78, 5) is 13.5. The number of unbranched alkanes of at least 4 members (excludes halogenated alkanes) is 1. The molecule has 0 atom stereocenters. The van der Waals surface area contributed by atoms with E-state index in [2.05, 4.69) is 0 Å². The number of halogens is 1. The van der Waals surface area contributed by atoms with Crippen molar-refractivity contribution >= 4 is 25.8 Å². The second kappa shape index (κ2) is 7.94. The molecule has 19 heavy (non-hydrogen) atoms. The summed E-state index contributed by atoms with van der Waals surface area (Å²) in [6.45, 7) is 8.31. The van der Waals surface area contributed by atoms with E-state index >= 15 is 0 Å². The van der Waals surface area contributed by atoms with Crippen LogP contribution in [0.5, 0.6) is 0 Å². The molecule has 0 fully saturated rings. The monoisotopic (exact) mass is 313 g/mol. The summed E-state index contributed by atoms with van der Waals surface area (Å²) in [5.41, 5.74) is -0.555. The van der Waals surface area contributed by atoms with Crippen molar-refractivity contribution in [1.29, 1.82) is 0 Å². The molecule has 0 saturated carbocycles. The van der Waals surface area contributed by atoms with Crippen LogP contribution in [0.1, 0.15) is 47.0 Å². The maximum Gasteiger partial charge on any atom is 0.410 e. The molecule has 0 aromatic heterocycles. The van der Waals surface area contributed by atoms with Crippen LogP contribution in [-0.2, 0) is 13.8 Å². The second-order valence-electron chi connectivity index (χ2n) is 5.42. The first-order valence-electron chi connectivity index (χ1n) is 6.45. The molecule has 0 radical (unpaired) electrons. The molecule has 0 aliphatic carbocycles. The van der Waals surface area contributed by atoms with E-state index in [4.69, 9.17) is 15.4 Å². The Bertz CT molecular complexity index is 376. The highest BCUT2D eigenvalue weighted by molar-refractivity contribution is 8.13. The van der Waals surface area contributed by atoms with Crippen molar-refractivity contribution in [2.45, 2.75) is 52.6 Å². The minimum absolute atomic E-state index is 0.139. The van der Waals surface area contributed by atoms with E-state index < -0.39 is 20.7 Å². The highest BCUT2D eigenvalue weighted by Gasteiger charge is 2.21. The molecule has 0 unspecified atom stereocenters.